The van der Waals surface area contributed by atoms with Crippen LogP contribution in [0, 0.1) is 0 Å². The first-order valence-electron chi connectivity index (χ1n) is 6.27. The van der Waals surface area contributed by atoms with Crippen LogP contribution in [0.5, 0.6) is 0 Å². The minimum absolute atomic E-state index is 0.0537. The number of carbonyl (C=O) groups is 1. The molecule has 0 radical (unpaired) electrons. The molecule has 3 nitrogen and oxygen atoms in total. The standard InChI is InChI=1S/C14H22N2OS/c1-4-16-14(2,3)13(17)15-10-11-18-12-8-6-5-7-9-12/h5-9,16H,4,10-11H2,1-3H3,(H,15,17). The second-order valence-electron chi connectivity index (χ2n) is 4.57. The molecule has 18 heavy (non-hydrogen) atoms. The summed E-state index contributed by atoms with van der Waals surface area (Å²) in [5.74, 6) is 0.941. The summed E-state index contributed by atoms with van der Waals surface area (Å²) in [7, 11) is 0. The Kier molecular flexibility index (Phi) is 6.22. The fraction of sp³-hybridized carbons (Fsp3) is 0.500. The molecular weight excluding hydrogens is 244 g/mol. The van der Waals surface area contributed by atoms with Gasteiger partial charge in [0.15, 0.2) is 0 Å². The first-order chi connectivity index (χ1) is 8.56. The van der Waals surface area contributed by atoms with Crippen molar-refractivity contribution in [1.29, 1.82) is 0 Å². The predicted molar refractivity (Wildman–Crippen MR) is 77.9 cm³/mol. The van der Waals surface area contributed by atoms with E-state index in [-0.39, 0.29) is 5.91 Å². The molecule has 0 bridgehead atoms. The number of amides is 1. The molecule has 0 aliphatic heterocycles. The number of hydrogen-bond acceptors (Lipinski definition) is 3. The van der Waals surface area contributed by atoms with Gasteiger partial charge in [-0.2, -0.15) is 0 Å². The molecule has 0 saturated heterocycles. The molecule has 1 amide bonds. The number of likely N-dealkylation sites (N-methyl/N-ethyl adjacent to an activating group) is 1. The van der Waals surface area contributed by atoms with E-state index >= 15 is 0 Å². The Morgan fingerprint density at radius 3 is 2.56 bits per heavy atom. The van der Waals surface area contributed by atoms with Gasteiger partial charge in [0.1, 0.15) is 0 Å². The van der Waals surface area contributed by atoms with Gasteiger partial charge in [0.05, 0.1) is 5.54 Å². The van der Waals surface area contributed by atoms with E-state index in [1.807, 2.05) is 39.0 Å². The highest BCUT2D eigenvalue weighted by molar-refractivity contribution is 7.99. The van der Waals surface area contributed by atoms with E-state index in [1.54, 1.807) is 11.8 Å². The van der Waals surface area contributed by atoms with Crippen molar-refractivity contribution in [2.75, 3.05) is 18.8 Å². The number of benzene rings is 1. The first-order valence-corrected chi connectivity index (χ1v) is 7.26. The van der Waals surface area contributed by atoms with Crippen LogP contribution in [-0.4, -0.2) is 30.3 Å². The molecule has 1 aromatic carbocycles. The van der Waals surface area contributed by atoms with Crippen molar-refractivity contribution in [2.45, 2.75) is 31.2 Å². The number of thioether (sulfide) groups is 1. The molecule has 0 aliphatic rings. The highest BCUT2D eigenvalue weighted by atomic mass is 32.2. The van der Waals surface area contributed by atoms with Crippen LogP contribution in [0.25, 0.3) is 0 Å². The van der Waals surface area contributed by atoms with Gasteiger partial charge in [-0.3, -0.25) is 4.79 Å². The van der Waals surface area contributed by atoms with Gasteiger partial charge < -0.3 is 10.6 Å². The van der Waals surface area contributed by atoms with E-state index in [9.17, 15) is 4.79 Å². The van der Waals surface area contributed by atoms with Crippen LogP contribution in [0.3, 0.4) is 0 Å². The molecule has 0 heterocycles. The monoisotopic (exact) mass is 266 g/mol. The molecule has 0 spiro atoms. The van der Waals surface area contributed by atoms with Gasteiger partial charge in [0.25, 0.3) is 0 Å². The molecule has 4 heteroatoms. The summed E-state index contributed by atoms with van der Waals surface area (Å²) >= 11 is 1.75. The van der Waals surface area contributed by atoms with Gasteiger partial charge in [-0.25, -0.2) is 0 Å². The third kappa shape index (κ3) is 5.10. The quantitative estimate of drug-likeness (QED) is 0.587. The van der Waals surface area contributed by atoms with Crippen molar-refractivity contribution in [2.24, 2.45) is 0 Å². The number of rotatable bonds is 7. The molecule has 0 atom stereocenters. The Labute approximate surface area is 114 Å². The third-order valence-electron chi connectivity index (χ3n) is 2.59. The lowest BCUT2D eigenvalue weighted by Crippen LogP contribution is -2.52. The Morgan fingerprint density at radius 2 is 1.94 bits per heavy atom. The molecule has 0 aliphatic carbocycles. The molecule has 0 saturated carbocycles. The van der Waals surface area contributed by atoms with Gasteiger partial charge in [0, 0.05) is 17.2 Å². The van der Waals surface area contributed by atoms with Gasteiger partial charge in [-0.15, -0.1) is 11.8 Å². The highest BCUT2D eigenvalue weighted by Crippen LogP contribution is 2.15. The second-order valence-corrected chi connectivity index (χ2v) is 5.74. The Morgan fingerprint density at radius 1 is 1.28 bits per heavy atom. The van der Waals surface area contributed by atoms with Crippen LogP contribution >= 0.6 is 11.8 Å². The summed E-state index contributed by atoms with van der Waals surface area (Å²) < 4.78 is 0. The summed E-state index contributed by atoms with van der Waals surface area (Å²) in [6, 6.07) is 10.2. The van der Waals surface area contributed by atoms with E-state index in [0.29, 0.717) is 6.54 Å². The maximum Gasteiger partial charge on any atom is 0.239 e. The Hall–Kier alpha value is -1.00. The average Bonchev–Trinajstić information content (AvgIpc) is 2.35. The molecule has 0 unspecified atom stereocenters. The second kappa shape index (κ2) is 7.44. The maximum absolute atomic E-state index is 11.9. The zero-order valence-corrected chi connectivity index (χ0v) is 12.1. The predicted octanol–water partition coefficient (Wildman–Crippen LogP) is 2.28. The van der Waals surface area contributed by atoms with Crippen LogP contribution in [0.1, 0.15) is 20.8 Å². The molecular formula is C14H22N2OS. The lowest BCUT2D eigenvalue weighted by atomic mass is 10.1. The SMILES string of the molecule is CCNC(C)(C)C(=O)NCCSc1ccccc1. The zero-order chi connectivity index (χ0) is 13.4. The minimum atomic E-state index is -0.494. The van der Waals surface area contributed by atoms with Crippen LogP contribution < -0.4 is 10.6 Å². The third-order valence-corrected chi connectivity index (χ3v) is 3.60. The van der Waals surface area contributed by atoms with Gasteiger partial charge in [0.2, 0.25) is 5.91 Å². The molecule has 100 valence electrons. The fourth-order valence-electron chi connectivity index (χ4n) is 1.59. The lowest BCUT2D eigenvalue weighted by Gasteiger charge is -2.24. The van der Waals surface area contributed by atoms with Crippen molar-refractivity contribution in [3.8, 4) is 0 Å². The number of carbonyl (C=O) groups excluding carboxylic acids is 1. The van der Waals surface area contributed by atoms with Crippen LogP contribution in [-0.2, 0) is 4.79 Å². The summed E-state index contributed by atoms with van der Waals surface area (Å²) in [4.78, 5) is 13.1. The molecule has 0 aromatic heterocycles. The highest BCUT2D eigenvalue weighted by Gasteiger charge is 2.25. The van der Waals surface area contributed by atoms with Gasteiger partial charge in [-0.1, -0.05) is 25.1 Å². The average molecular weight is 266 g/mol. The first kappa shape index (κ1) is 15.1. The topological polar surface area (TPSA) is 41.1 Å². The van der Waals surface area contributed by atoms with Crippen molar-refractivity contribution in [3.63, 3.8) is 0 Å². The molecule has 0 fully saturated rings. The largest absolute Gasteiger partial charge is 0.354 e. The van der Waals surface area contributed by atoms with E-state index in [0.717, 1.165) is 12.3 Å². The Balaban J connectivity index is 2.24. The van der Waals surface area contributed by atoms with E-state index < -0.39 is 5.54 Å². The van der Waals surface area contributed by atoms with Crippen molar-refractivity contribution in [1.82, 2.24) is 10.6 Å². The van der Waals surface area contributed by atoms with E-state index in [4.69, 9.17) is 0 Å². The Bertz CT molecular complexity index is 365. The molecule has 1 rings (SSSR count). The van der Waals surface area contributed by atoms with Gasteiger partial charge in [-0.05, 0) is 32.5 Å². The minimum Gasteiger partial charge on any atom is -0.354 e. The normalized spacial score (nSPS) is 11.3. The molecule has 1 aromatic rings. The summed E-state index contributed by atoms with van der Waals surface area (Å²) in [5, 5.41) is 6.12. The van der Waals surface area contributed by atoms with E-state index in [2.05, 4.69) is 22.8 Å². The number of hydrogen-bond donors (Lipinski definition) is 2. The van der Waals surface area contributed by atoms with Crippen molar-refractivity contribution < 1.29 is 4.79 Å². The van der Waals surface area contributed by atoms with E-state index in [1.165, 1.54) is 4.90 Å². The number of nitrogens with one attached hydrogen (secondary N) is 2. The smallest absolute Gasteiger partial charge is 0.239 e. The van der Waals surface area contributed by atoms with Gasteiger partial charge >= 0.3 is 0 Å². The van der Waals surface area contributed by atoms with Crippen LogP contribution in [0.15, 0.2) is 35.2 Å². The van der Waals surface area contributed by atoms with Crippen molar-refractivity contribution in [3.05, 3.63) is 30.3 Å². The van der Waals surface area contributed by atoms with Crippen molar-refractivity contribution >= 4 is 17.7 Å². The zero-order valence-electron chi connectivity index (χ0n) is 11.3. The molecule has 2 N–H and O–H groups in total. The summed E-state index contributed by atoms with van der Waals surface area (Å²) in [6.07, 6.45) is 0. The lowest BCUT2D eigenvalue weighted by molar-refractivity contribution is -0.126. The van der Waals surface area contributed by atoms with Crippen LogP contribution in [0.4, 0.5) is 0 Å². The fourth-order valence-corrected chi connectivity index (χ4v) is 2.38. The summed E-state index contributed by atoms with van der Waals surface area (Å²) in [5.41, 5.74) is -0.494. The maximum atomic E-state index is 11.9. The summed E-state index contributed by atoms with van der Waals surface area (Å²) in [6.45, 7) is 7.28. The van der Waals surface area contributed by atoms with Crippen LogP contribution in [0.2, 0.25) is 0 Å².